The molecular weight excluding hydrogens is 465 g/mol. The summed E-state index contributed by atoms with van der Waals surface area (Å²) in [7, 11) is 0. The third-order valence-electron chi connectivity index (χ3n) is 6.25. The van der Waals surface area contributed by atoms with Crippen LogP contribution in [0.25, 0.3) is 16.7 Å². The molecule has 11 heteroatoms. The number of aromatic nitrogens is 2. The van der Waals surface area contributed by atoms with Crippen molar-refractivity contribution < 1.29 is 28.2 Å². The highest BCUT2D eigenvalue weighted by molar-refractivity contribution is 5.97. The smallest absolute Gasteiger partial charge is 0.257 e. The summed E-state index contributed by atoms with van der Waals surface area (Å²) in [6.07, 6.45) is -1.05. The van der Waals surface area contributed by atoms with Gasteiger partial charge in [0.25, 0.3) is 5.91 Å². The van der Waals surface area contributed by atoms with Gasteiger partial charge >= 0.3 is 0 Å². The highest BCUT2D eigenvalue weighted by Gasteiger charge is 2.31. The number of fused-ring (bicyclic) bond motifs is 1. The van der Waals surface area contributed by atoms with E-state index in [1.165, 1.54) is 12.1 Å². The number of benzene rings is 1. The third kappa shape index (κ3) is 4.61. The van der Waals surface area contributed by atoms with E-state index in [4.69, 9.17) is 0 Å². The number of nitrogens with one attached hydrogen (secondary N) is 1. The van der Waals surface area contributed by atoms with E-state index in [2.05, 4.69) is 10.3 Å². The van der Waals surface area contributed by atoms with Gasteiger partial charge in [-0.05, 0) is 25.0 Å². The largest absolute Gasteiger partial charge is 0.389 e. The van der Waals surface area contributed by atoms with E-state index in [-0.39, 0.29) is 47.5 Å². The van der Waals surface area contributed by atoms with E-state index in [1.54, 1.807) is 11.8 Å². The van der Waals surface area contributed by atoms with Gasteiger partial charge in [0.2, 0.25) is 5.43 Å². The fourth-order valence-corrected chi connectivity index (χ4v) is 3.87. The van der Waals surface area contributed by atoms with Crippen molar-refractivity contribution in [3.8, 4) is 5.69 Å². The molecule has 4 rings (SSSR count). The summed E-state index contributed by atoms with van der Waals surface area (Å²) in [6.45, 7) is 5.62. The highest BCUT2D eigenvalue weighted by Crippen LogP contribution is 2.26. The van der Waals surface area contributed by atoms with Gasteiger partial charge in [0, 0.05) is 37.5 Å². The van der Waals surface area contributed by atoms with Gasteiger partial charge < -0.3 is 20.4 Å². The van der Waals surface area contributed by atoms with E-state index < -0.39 is 46.7 Å². The Morgan fingerprint density at radius 1 is 1.09 bits per heavy atom. The van der Waals surface area contributed by atoms with E-state index >= 15 is 0 Å². The summed E-state index contributed by atoms with van der Waals surface area (Å²) in [4.78, 5) is 32.0. The zero-order valence-electron chi connectivity index (χ0n) is 19.3. The lowest BCUT2D eigenvalue weighted by molar-refractivity contribution is 0.0572. The Morgan fingerprint density at radius 3 is 2.26 bits per heavy atom. The first kappa shape index (κ1) is 24.7. The number of rotatable bonds is 5. The number of pyridine rings is 2. The van der Waals surface area contributed by atoms with Gasteiger partial charge in [0.1, 0.15) is 22.9 Å². The van der Waals surface area contributed by atoms with Crippen LogP contribution in [0.2, 0.25) is 0 Å². The van der Waals surface area contributed by atoms with Crippen molar-refractivity contribution in [2.24, 2.45) is 5.92 Å². The first-order valence-corrected chi connectivity index (χ1v) is 11.1. The Balaban J connectivity index is 1.95. The van der Waals surface area contributed by atoms with Crippen LogP contribution in [0, 0.1) is 23.4 Å². The number of anilines is 1. The van der Waals surface area contributed by atoms with Crippen LogP contribution in [0.15, 0.2) is 35.3 Å². The Labute approximate surface area is 198 Å². The van der Waals surface area contributed by atoms with Crippen LogP contribution in [0.4, 0.5) is 19.0 Å². The van der Waals surface area contributed by atoms with Gasteiger partial charge in [0.05, 0.1) is 17.6 Å². The van der Waals surface area contributed by atoms with Crippen LogP contribution in [0.3, 0.4) is 0 Å². The Kier molecular flexibility index (Phi) is 6.56. The van der Waals surface area contributed by atoms with Crippen molar-refractivity contribution in [1.82, 2.24) is 14.9 Å². The molecule has 0 bridgehead atoms. The summed E-state index contributed by atoms with van der Waals surface area (Å²) < 4.78 is 44.1. The van der Waals surface area contributed by atoms with Crippen LogP contribution in [0.5, 0.6) is 0 Å². The lowest BCUT2D eigenvalue weighted by Crippen LogP contribution is -2.38. The third-order valence-corrected chi connectivity index (χ3v) is 6.25. The molecule has 1 aliphatic rings. The average molecular weight is 490 g/mol. The van der Waals surface area contributed by atoms with E-state index in [1.807, 2.05) is 13.8 Å². The van der Waals surface area contributed by atoms with Crippen molar-refractivity contribution in [3.05, 3.63) is 63.7 Å². The first-order chi connectivity index (χ1) is 16.5. The molecule has 0 aliphatic carbocycles. The molecule has 1 amide bonds. The molecule has 0 radical (unpaired) electrons. The van der Waals surface area contributed by atoms with Crippen LogP contribution >= 0.6 is 0 Å². The first-order valence-electron chi connectivity index (χ1n) is 11.1. The maximum atomic E-state index is 14.8. The van der Waals surface area contributed by atoms with Crippen molar-refractivity contribution in [2.75, 3.05) is 18.0 Å². The van der Waals surface area contributed by atoms with E-state index in [0.717, 1.165) is 10.8 Å². The summed E-state index contributed by atoms with van der Waals surface area (Å²) in [5.74, 6) is -4.09. The van der Waals surface area contributed by atoms with E-state index in [9.17, 15) is 33.0 Å². The van der Waals surface area contributed by atoms with Gasteiger partial charge in [-0.3, -0.25) is 14.2 Å². The minimum absolute atomic E-state index is 0.0523. The lowest BCUT2D eigenvalue weighted by Gasteiger charge is -2.20. The standard InChI is InChI=1S/C24H25F3N4O4/c1-11(2)12(3)28-24(35)15-8-31(21-16(26)6-13(25)7-17(21)27)23-14(22(15)34)4-5-20(29-23)30-9-18(32)19(33)10-30/h4-8,11-12,18-19,32-33H,9-10H2,1-3H3,(H,28,35)/t12-,18+,19+/m0/s1. The quantitative estimate of drug-likeness (QED) is 0.506. The van der Waals surface area contributed by atoms with Gasteiger partial charge in [-0.15, -0.1) is 0 Å². The number of β-amino-alcohol motifs (C(OH)–C–C–N with tert-alkyl or cyclic N) is 2. The highest BCUT2D eigenvalue weighted by atomic mass is 19.1. The summed E-state index contributed by atoms with van der Waals surface area (Å²) in [6, 6.07) is 3.49. The van der Waals surface area contributed by atoms with Crippen LogP contribution in [-0.2, 0) is 0 Å². The summed E-state index contributed by atoms with van der Waals surface area (Å²) in [5, 5.41) is 22.4. The molecule has 0 saturated carbocycles. The molecule has 3 heterocycles. The van der Waals surface area contributed by atoms with Crippen LogP contribution in [0.1, 0.15) is 31.1 Å². The Hall–Kier alpha value is -3.44. The van der Waals surface area contributed by atoms with Gasteiger partial charge in [-0.2, -0.15) is 0 Å². The number of amides is 1. The predicted octanol–water partition coefficient (Wildman–Crippen LogP) is 2.12. The molecule has 1 fully saturated rings. The molecule has 2 aromatic heterocycles. The SMILES string of the molecule is CC(C)[C@H](C)NC(=O)c1cn(-c2c(F)cc(F)cc2F)c2nc(N3C[C@@H](O)[C@H](O)C3)ccc2c1=O. The number of nitrogens with zero attached hydrogens (tertiary/aromatic N) is 3. The Morgan fingerprint density at radius 2 is 1.69 bits per heavy atom. The van der Waals surface area contributed by atoms with Gasteiger partial charge in [-0.1, -0.05) is 13.8 Å². The molecule has 0 unspecified atom stereocenters. The molecule has 0 spiro atoms. The number of carbonyl (C=O) groups excluding carboxylic acids is 1. The second kappa shape index (κ2) is 9.31. The summed E-state index contributed by atoms with van der Waals surface area (Å²) >= 11 is 0. The molecule has 186 valence electrons. The van der Waals surface area contributed by atoms with Crippen LogP contribution in [-0.4, -0.2) is 57.0 Å². The minimum Gasteiger partial charge on any atom is -0.389 e. The van der Waals surface area contributed by atoms with Crippen molar-refractivity contribution in [3.63, 3.8) is 0 Å². The summed E-state index contributed by atoms with van der Waals surface area (Å²) in [5.41, 5.74) is -1.96. The monoisotopic (exact) mass is 490 g/mol. The van der Waals surface area contributed by atoms with Crippen molar-refractivity contribution >= 4 is 22.8 Å². The van der Waals surface area contributed by atoms with E-state index in [0.29, 0.717) is 12.1 Å². The zero-order chi connectivity index (χ0) is 25.6. The number of aliphatic hydroxyl groups is 2. The maximum absolute atomic E-state index is 14.8. The molecule has 3 atom stereocenters. The second-order valence-electron chi connectivity index (χ2n) is 9.05. The molecular formula is C24H25F3N4O4. The number of carbonyl (C=O) groups is 1. The average Bonchev–Trinajstić information content (AvgIpc) is 3.12. The lowest BCUT2D eigenvalue weighted by atomic mass is 10.1. The normalized spacial score (nSPS) is 18.9. The number of hydrogen-bond donors (Lipinski definition) is 3. The maximum Gasteiger partial charge on any atom is 0.257 e. The molecule has 8 nitrogen and oxygen atoms in total. The molecule has 1 aromatic carbocycles. The molecule has 3 N–H and O–H groups in total. The molecule has 3 aromatic rings. The van der Waals surface area contributed by atoms with Gasteiger partial charge in [-0.25, -0.2) is 18.2 Å². The number of halogens is 3. The predicted molar refractivity (Wildman–Crippen MR) is 123 cm³/mol. The Bertz CT molecular complexity index is 1330. The fourth-order valence-electron chi connectivity index (χ4n) is 3.87. The number of hydrogen-bond acceptors (Lipinski definition) is 6. The topological polar surface area (TPSA) is 108 Å². The minimum atomic E-state index is -1.26. The van der Waals surface area contributed by atoms with Crippen molar-refractivity contribution in [1.29, 1.82) is 0 Å². The molecule has 35 heavy (non-hydrogen) atoms. The fraction of sp³-hybridized carbons (Fsp3) is 0.375. The van der Waals surface area contributed by atoms with Gasteiger partial charge in [0.15, 0.2) is 17.3 Å². The second-order valence-corrected chi connectivity index (χ2v) is 9.05. The zero-order valence-corrected chi connectivity index (χ0v) is 19.3. The van der Waals surface area contributed by atoms with Crippen LogP contribution < -0.4 is 15.6 Å². The van der Waals surface area contributed by atoms with Crippen molar-refractivity contribution in [2.45, 2.75) is 39.0 Å². The number of aliphatic hydroxyl groups excluding tert-OH is 2. The molecule has 1 saturated heterocycles. The molecule has 1 aliphatic heterocycles.